The van der Waals surface area contributed by atoms with Gasteiger partial charge in [-0.2, -0.15) is 0 Å². The van der Waals surface area contributed by atoms with E-state index in [9.17, 15) is 22.8 Å². The molecule has 2 aromatic heterocycles. The Morgan fingerprint density at radius 1 is 1.23 bits per heavy atom. The van der Waals surface area contributed by atoms with Gasteiger partial charge < -0.3 is 4.52 Å². The minimum Gasteiger partial charge on any atom is -0.359 e. The summed E-state index contributed by atoms with van der Waals surface area (Å²) in [5.41, 5.74) is -1.08. The van der Waals surface area contributed by atoms with Gasteiger partial charge in [0.15, 0.2) is 5.76 Å². The van der Waals surface area contributed by atoms with E-state index in [1.54, 1.807) is 13.0 Å². The zero-order chi connectivity index (χ0) is 22.6. The Hall–Kier alpha value is -3.05. The second-order valence-corrected chi connectivity index (χ2v) is 9.92. The number of aryl methyl sites for hydroxylation is 1. The zero-order valence-corrected chi connectivity index (χ0v) is 18.2. The third kappa shape index (κ3) is 4.10. The van der Waals surface area contributed by atoms with Crippen molar-refractivity contribution in [2.45, 2.75) is 57.1 Å². The van der Waals surface area contributed by atoms with Crippen LogP contribution in [0.2, 0.25) is 0 Å². The minimum absolute atomic E-state index is 0.0147. The number of hydrogen-bond acceptors (Lipinski definition) is 7. The summed E-state index contributed by atoms with van der Waals surface area (Å²) in [7, 11) is -3.86. The molecule has 1 aromatic carbocycles. The first-order chi connectivity index (χ1) is 14.5. The Balaban J connectivity index is 1.92. The van der Waals surface area contributed by atoms with Crippen LogP contribution in [0.4, 0.5) is 0 Å². The molecule has 10 nitrogen and oxygen atoms in total. The van der Waals surface area contributed by atoms with Gasteiger partial charge in [-0.3, -0.25) is 18.7 Å². The van der Waals surface area contributed by atoms with Crippen molar-refractivity contribution in [1.82, 2.24) is 19.0 Å². The molecular weight excluding hydrogens is 424 g/mol. The van der Waals surface area contributed by atoms with Crippen molar-refractivity contribution in [2.24, 2.45) is 0 Å². The lowest BCUT2D eigenvalue weighted by molar-refractivity contribution is -0.117. The number of nitrogens with zero attached hydrogens (tertiary/aromatic N) is 3. The Morgan fingerprint density at radius 2 is 1.94 bits per heavy atom. The number of benzene rings is 1. The van der Waals surface area contributed by atoms with Crippen molar-refractivity contribution in [2.75, 3.05) is 0 Å². The number of aromatic nitrogens is 3. The summed E-state index contributed by atoms with van der Waals surface area (Å²) in [6, 6.07) is 5.54. The van der Waals surface area contributed by atoms with Gasteiger partial charge in [0.25, 0.3) is 5.56 Å². The van der Waals surface area contributed by atoms with Gasteiger partial charge in [-0.1, -0.05) is 5.16 Å². The monoisotopic (exact) mass is 446 g/mol. The van der Waals surface area contributed by atoms with Gasteiger partial charge in [0.2, 0.25) is 10.0 Å². The van der Waals surface area contributed by atoms with Crippen LogP contribution in [-0.2, 0) is 27.9 Å². The predicted octanol–water partition coefficient (Wildman–Crippen LogP) is 0.928. The van der Waals surface area contributed by atoms with E-state index in [2.05, 4.69) is 9.88 Å². The highest BCUT2D eigenvalue weighted by Gasteiger charge is 2.41. The molecule has 1 fully saturated rings. The fourth-order valence-electron chi connectivity index (χ4n) is 3.40. The molecule has 0 bridgehead atoms. The number of carbonyl (C=O) groups is 1. The van der Waals surface area contributed by atoms with Gasteiger partial charge in [0.05, 0.1) is 34.6 Å². The van der Waals surface area contributed by atoms with Crippen LogP contribution in [0.5, 0.6) is 0 Å². The lowest BCUT2D eigenvalue weighted by Gasteiger charge is -2.15. The summed E-state index contributed by atoms with van der Waals surface area (Å²) in [6.45, 7) is 4.39. The Labute approximate surface area is 177 Å². The largest absolute Gasteiger partial charge is 0.359 e. The molecule has 31 heavy (non-hydrogen) atoms. The molecule has 1 N–H and O–H groups in total. The van der Waals surface area contributed by atoms with Crippen molar-refractivity contribution >= 4 is 26.7 Å². The molecule has 0 spiro atoms. The van der Waals surface area contributed by atoms with Gasteiger partial charge in [-0.05, 0) is 51.8 Å². The quantitative estimate of drug-likeness (QED) is 0.571. The molecule has 0 aliphatic heterocycles. The van der Waals surface area contributed by atoms with Gasteiger partial charge in [0.1, 0.15) is 5.78 Å². The number of rotatable bonds is 7. The number of Topliss-reactive ketones (excluding diaryl/α,β-unsaturated/α-hetero) is 1. The normalized spacial score (nSPS) is 15.3. The van der Waals surface area contributed by atoms with Crippen LogP contribution in [0.15, 0.2) is 43.3 Å². The molecule has 0 atom stereocenters. The first-order valence-electron chi connectivity index (χ1n) is 9.72. The molecule has 0 saturated heterocycles. The lowest BCUT2D eigenvalue weighted by atomic mass is 10.2. The molecule has 164 valence electrons. The highest BCUT2D eigenvalue weighted by Crippen LogP contribution is 2.36. The van der Waals surface area contributed by atoms with Crippen LogP contribution in [0.25, 0.3) is 10.9 Å². The molecule has 11 heteroatoms. The van der Waals surface area contributed by atoms with Crippen molar-refractivity contribution < 1.29 is 17.7 Å². The molecular formula is C20H22N4O6S. The first kappa shape index (κ1) is 21.2. The molecule has 2 heterocycles. The first-order valence-corrected chi connectivity index (χ1v) is 11.2. The second kappa shape index (κ2) is 7.27. The van der Waals surface area contributed by atoms with Crippen LogP contribution in [0.3, 0.4) is 0 Å². The fourth-order valence-corrected chi connectivity index (χ4v) is 4.90. The van der Waals surface area contributed by atoms with E-state index in [0.29, 0.717) is 5.69 Å². The summed E-state index contributed by atoms with van der Waals surface area (Å²) in [6.07, 6.45) is 1.47. The maximum atomic E-state index is 13.2. The van der Waals surface area contributed by atoms with E-state index in [0.717, 1.165) is 22.0 Å². The molecule has 1 aliphatic rings. The van der Waals surface area contributed by atoms with Crippen LogP contribution in [0.1, 0.15) is 38.1 Å². The highest BCUT2D eigenvalue weighted by molar-refractivity contribution is 7.89. The Bertz CT molecular complexity index is 1430. The summed E-state index contributed by atoms with van der Waals surface area (Å²) in [5, 5.41) is 3.77. The van der Waals surface area contributed by atoms with Crippen LogP contribution >= 0.6 is 0 Å². The smallest absolute Gasteiger partial charge is 0.332 e. The molecule has 0 unspecified atom stereocenters. The molecule has 3 aromatic rings. The van der Waals surface area contributed by atoms with Gasteiger partial charge >= 0.3 is 5.69 Å². The standard InChI is InChI=1S/C20H22N4O6S/c1-12-8-14(30-21-12)11-24-18(26)16-9-15(31(28,29)22-20(3)6-7-20)4-5-17(16)23(19(24)27)10-13(2)25/h4-5,8-9,22H,6-7,10-11H2,1-3H3. The van der Waals surface area contributed by atoms with Crippen molar-refractivity contribution in [3.05, 3.63) is 56.6 Å². The van der Waals surface area contributed by atoms with Crippen molar-refractivity contribution in [3.63, 3.8) is 0 Å². The van der Waals surface area contributed by atoms with Crippen LogP contribution < -0.4 is 16.0 Å². The predicted molar refractivity (Wildman–Crippen MR) is 111 cm³/mol. The van der Waals surface area contributed by atoms with E-state index in [1.165, 1.54) is 25.1 Å². The molecule has 1 aliphatic carbocycles. The highest BCUT2D eigenvalue weighted by atomic mass is 32.2. The number of sulfonamides is 1. The molecule has 1 saturated carbocycles. The zero-order valence-electron chi connectivity index (χ0n) is 17.3. The van der Waals surface area contributed by atoms with Crippen LogP contribution in [0, 0.1) is 6.92 Å². The van der Waals surface area contributed by atoms with Gasteiger partial charge in [-0.15, -0.1) is 0 Å². The van der Waals surface area contributed by atoms with Crippen molar-refractivity contribution in [3.8, 4) is 0 Å². The Morgan fingerprint density at radius 3 is 2.52 bits per heavy atom. The van der Waals surface area contributed by atoms with E-state index in [1.807, 2.05) is 6.92 Å². The third-order valence-corrected chi connectivity index (χ3v) is 6.89. The minimum atomic E-state index is -3.86. The number of nitrogens with one attached hydrogen (secondary N) is 1. The third-order valence-electron chi connectivity index (χ3n) is 5.26. The van der Waals surface area contributed by atoms with E-state index in [4.69, 9.17) is 4.52 Å². The average Bonchev–Trinajstić information content (AvgIpc) is 3.25. The lowest BCUT2D eigenvalue weighted by Crippen LogP contribution is -2.41. The maximum absolute atomic E-state index is 13.2. The molecule has 4 rings (SSSR count). The van der Waals surface area contributed by atoms with Crippen LogP contribution in [-0.4, -0.2) is 34.0 Å². The summed E-state index contributed by atoms with van der Waals surface area (Å²) < 4.78 is 35.4. The van der Waals surface area contributed by atoms with Gasteiger partial charge in [0, 0.05) is 11.6 Å². The molecule has 0 amide bonds. The van der Waals surface area contributed by atoms with Crippen molar-refractivity contribution in [1.29, 1.82) is 0 Å². The topological polar surface area (TPSA) is 133 Å². The number of fused-ring (bicyclic) bond motifs is 1. The number of ketones is 1. The van der Waals surface area contributed by atoms with E-state index < -0.39 is 26.8 Å². The second-order valence-electron chi connectivity index (χ2n) is 8.24. The summed E-state index contributed by atoms with van der Waals surface area (Å²) >= 11 is 0. The maximum Gasteiger partial charge on any atom is 0.332 e. The average molecular weight is 446 g/mol. The summed E-state index contributed by atoms with van der Waals surface area (Å²) in [5.74, 6) is 0.00153. The Kier molecular flexibility index (Phi) is 4.97. The van der Waals surface area contributed by atoms with Gasteiger partial charge in [-0.25, -0.2) is 17.9 Å². The number of carbonyl (C=O) groups excluding carboxylic acids is 1. The molecule has 0 radical (unpaired) electrons. The number of hydrogen-bond donors (Lipinski definition) is 1. The van der Waals surface area contributed by atoms with E-state index >= 15 is 0 Å². The summed E-state index contributed by atoms with van der Waals surface area (Å²) in [4.78, 5) is 37.9. The van der Waals surface area contributed by atoms with E-state index in [-0.39, 0.29) is 40.4 Å². The SMILES string of the molecule is CC(=O)Cn1c(=O)n(Cc2cc(C)no2)c(=O)c2cc(S(=O)(=O)NC3(C)CC3)ccc21. The fraction of sp³-hybridized carbons (Fsp3) is 0.400.